The lowest BCUT2D eigenvalue weighted by Crippen LogP contribution is -2.50. The molecule has 4 rings (SSSR count). The smallest absolute Gasteiger partial charge is 0.407 e. The van der Waals surface area contributed by atoms with Gasteiger partial charge in [-0.25, -0.2) is 9.78 Å². The summed E-state index contributed by atoms with van der Waals surface area (Å²) in [7, 11) is 0. The van der Waals surface area contributed by atoms with Gasteiger partial charge in [-0.2, -0.15) is 0 Å². The van der Waals surface area contributed by atoms with Crippen molar-refractivity contribution in [1.82, 2.24) is 25.4 Å². The first-order chi connectivity index (χ1) is 21.0. The molecule has 2 aliphatic heterocycles. The quantitative estimate of drug-likeness (QED) is 0.299. The Labute approximate surface area is 259 Å². The molecule has 12 nitrogen and oxygen atoms in total. The second-order valence-electron chi connectivity index (χ2n) is 12.3. The molecule has 0 bridgehead atoms. The SMILES string of the molecule is CC(C)(C)OC(=O)NCCCCC(=O)N1CCN(C(=O)c2ccc(Nc3nc(C4CCNCC4)ccc3C(N)=O)cc2)CC1. The molecule has 0 saturated carbocycles. The van der Waals surface area contributed by atoms with E-state index in [1.54, 1.807) is 40.1 Å². The van der Waals surface area contributed by atoms with Crippen LogP contribution in [-0.4, -0.2) is 90.0 Å². The first kappa shape index (κ1) is 32.7. The molecule has 4 amide bonds. The monoisotopic (exact) mass is 607 g/mol. The maximum absolute atomic E-state index is 13.2. The van der Waals surface area contributed by atoms with Crippen LogP contribution in [0.15, 0.2) is 36.4 Å². The minimum atomic E-state index is -0.559. The Morgan fingerprint density at radius 2 is 1.61 bits per heavy atom. The van der Waals surface area contributed by atoms with Gasteiger partial charge < -0.3 is 36.2 Å². The molecule has 0 atom stereocenters. The summed E-state index contributed by atoms with van der Waals surface area (Å²) in [4.78, 5) is 57.9. The van der Waals surface area contributed by atoms with Gasteiger partial charge in [0, 0.05) is 62.0 Å². The Kier molecular flexibility index (Phi) is 11.2. The molecule has 0 unspecified atom stereocenters. The van der Waals surface area contributed by atoms with Gasteiger partial charge in [-0.1, -0.05) is 0 Å². The van der Waals surface area contributed by atoms with Gasteiger partial charge in [0.2, 0.25) is 5.91 Å². The zero-order valence-corrected chi connectivity index (χ0v) is 26.0. The van der Waals surface area contributed by atoms with Gasteiger partial charge in [0.1, 0.15) is 11.4 Å². The number of alkyl carbamates (subject to hydrolysis) is 1. The third-order valence-electron chi connectivity index (χ3n) is 7.74. The second kappa shape index (κ2) is 15.0. The zero-order valence-electron chi connectivity index (χ0n) is 26.0. The number of unbranched alkanes of at least 4 members (excludes halogenated alkanes) is 1. The Morgan fingerprint density at radius 1 is 0.955 bits per heavy atom. The number of nitrogens with one attached hydrogen (secondary N) is 3. The van der Waals surface area contributed by atoms with E-state index in [1.165, 1.54) is 0 Å². The number of nitrogens with zero attached hydrogens (tertiary/aromatic N) is 3. The van der Waals surface area contributed by atoms with E-state index in [9.17, 15) is 19.2 Å². The molecule has 3 heterocycles. The lowest BCUT2D eigenvalue weighted by Gasteiger charge is -2.35. The van der Waals surface area contributed by atoms with E-state index in [2.05, 4.69) is 16.0 Å². The van der Waals surface area contributed by atoms with Crippen LogP contribution in [0.4, 0.5) is 16.3 Å². The summed E-state index contributed by atoms with van der Waals surface area (Å²) in [6.07, 6.45) is 3.24. The molecule has 2 aromatic rings. The van der Waals surface area contributed by atoms with Crippen LogP contribution in [0.25, 0.3) is 0 Å². The van der Waals surface area contributed by atoms with Gasteiger partial charge in [0.25, 0.3) is 11.8 Å². The molecule has 44 heavy (non-hydrogen) atoms. The minimum absolute atomic E-state index is 0.0537. The van der Waals surface area contributed by atoms with Gasteiger partial charge in [0.05, 0.1) is 5.56 Å². The van der Waals surface area contributed by atoms with Crippen molar-refractivity contribution in [3.63, 3.8) is 0 Å². The van der Waals surface area contributed by atoms with Gasteiger partial charge in [0.15, 0.2) is 0 Å². The highest BCUT2D eigenvalue weighted by molar-refractivity contribution is 5.98. The Hall–Kier alpha value is -4.19. The fraction of sp³-hybridized carbons (Fsp3) is 0.531. The molecular weight excluding hydrogens is 562 g/mol. The van der Waals surface area contributed by atoms with Crippen LogP contribution in [0.2, 0.25) is 0 Å². The molecule has 1 aromatic carbocycles. The maximum atomic E-state index is 13.2. The van der Waals surface area contributed by atoms with Gasteiger partial charge >= 0.3 is 6.09 Å². The number of anilines is 2. The standard InChI is InChI=1S/C32H45N7O5/c1-32(2,3)44-31(43)35-15-5-4-6-27(40)38-18-20-39(21-19-38)30(42)23-7-9-24(10-8-23)36-29-25(28(33)41)11-12-26(37-29)22-13-16-34-17-14-22/h7-12,22,34H,4-6,13-21H2,1-3H3,(H2,33,41)(H,35,43)(H,36,37). The number of ether oxygens (including phenoxy) is 1. The summed E-state index contributed by atoms with van der Waals surface area (Å²) in [5, 5.41) is 9.27. The molecule has 0 aliphatic carbocycles. The molecule has 1 aromatic heterocycles. The molecule has 238 valence electrons. The van der Waals surface area contributed by atoms with E-state index in [0.29, 0.717) is 80.5 Å². The number of pyridine rings is 1. The molecule has 5 N–H and O–H groups in total. The lowest BCUT2D eigenvalue weighted by molar-refractivity contribution is -0.132. The van der Waals surface area contributed by atoms with Crippen LogP contribution in [-0.2, 0) is 9.53 Å². The van der Waals surface area contributed by atoms with Crippen molar-refractivity contribution in [2.75, 3.05) is 51.1 Å². The lowest BCUT2D eigenvalue weighted by atomic mass is 9.94. The number of nitrogens with two attached hydrogens (primary N) is 1. The molecular formula is C32H45N7O5. The Bertz CT molecular complexity index is 1310. The normalized spacial score (nSPS) is 15.9. The van der Waals surface area contributed by atoms with Crippen molar-refractivity contribution in [2.45, 2.75) is 64.4 Å². The number of amides is 4. The summed E-state index contributed by atoms with van der Waals surface area (Å²) >= 11 is 0. The third-order valence-corrected chi connectivity index (χ3v) is 7.74. The van der Waals surface area contributed by atoms with Crippen LogP contribution in [0, 0.1) is 0 Å². The molecule has 0 spiro atoms. The van der Waals surface area contributed by atoms with Gasteiger partial charge in [-0.15, -0.1) is 0 Å². The highest BCUT2D eigenvalue weighted by atomic mass is 16.6. The maximum Gasteiger partial charge on any atom is 0.407 e. The van der Waals surface area contributed by atoms with Crippen molar-refractivity contribution in [3.05, 3.63) is 53.2 Å². The van der Waals surface area contributed by atoms with Crippen LogP contribution < -0.4 is 21.7 Å². The summed E-state index contributed by atoms with van der Waals surface area (Å²) in [6, 6.07) is 10.7. The number of aromatic nitrogens is 1. The van der Waals surface area contributed by atoms with Crippen molar-refractivity contribution < 1.29 is 23.9 Å². The number of rotatable bonds is 10. The van der Waals surface area contributed by atoms with Crippen LogP contribution in [0.5, 0.6) is 0 Å². The number of hydrogen-bond donors (Lipinski definition) is 4. The van der Waals surface area contributed by atoms with E-state index in [4.69, 9.17) is 15.5 Å². The van der Waals surface area contributed by atoms with Crippen molar-refractivity contribution >= 4 is 35.3 Å². The number of carbonyl (C=O) groups excluding carboxylic acids is 4. The fourth-order valence-corrected chi connectivity index (χ4v) is 5.35. The first-order valence-corrected chi connectivity index (χ1v) is 15.4. The molecule has 2 aliphatic rings. The van der Waals surface area contributed by atoms with E-state index in [-0.39, 0.29) is 11.8 Å². The third kappa shape index (κ3) is 9.40. The molecule has 2 saturated heterocycles. The summed E-state index contributed by atoms with van der Waals surface area (Å²) in [5.74, 6) is 0.130. The number of hydrogen-bond acceptors (Lipinski definition) is 8. The second-order valence-corrected chi connectivity index (χ2v) is 12.3. The first-order valence-electron chi connectivity index (χ1n) is 15.4. The topological polar surface area (TPSA) is 159 Å². The van der Waals surface area contributed by atoms with E-state index < -0.39 is 17.6 Å². The highest BCUT2D eigenvalue weighted by Crippen LogP contribution is 2.27. The van der Waals surface area contributed by atoms with Crippen LogP contribution in [0.3, 0.4) is 0 Å². The van der Waals surface area contributed by atoms with E-state index >= 15 is 0 Å². The van der Waals surface area contributed by atoms with Gasteiger partial charge in [-0.3, -0.25) is 14.4 Å². The van der Waals surface area contributed by atoms with Crippen molar-refractivity contribution in [2.24, 2.45) is 5.73 Å². The van der Waals surface area contributed by atoms with Gasteiger partial charge in [-0.05, 0) is 95.9 Å². The number of carbonyl (C=O) groups is 4. The predicted molar refractivity (Wildman–Crippen MR) is 168 cm³/mol. The number of piperidine rings is 1. The Morgan fingerprint density at radius 3 is 2.25 bits per heavy atom. The van der Waals surface area contributed by atoms with Crippen molar-refractivity contribution in [1.29, 1.82) is 0 Å². The Balaban J connectivity index is 1.24. The van der Waals surface area contributed by atoms with Crippen LogP contribution >= 0.6 is 0 Å². The molecule has 2 fully saturated rings. The average Bonchev–Trinajstić information content (AvgIpc) is 3.00. The zero-order chi connectivity index (χ0) is 31.7. The van der Waals surface area contributed by atoms with Crippen LogP contribution in [0.1, 0.15) is 85.2 Å². The number of piperazine rings is 1. The molecule has 12 heteroatoms. The predicted octanol–water partition coefficient (Wildman–Crippen LogP) is 3.37. The highest BCUT2D eigenvalue weighted by Gasteiger charge is 2.25. The number of primary amides is 1. The van der Waals surface area contributed by atoms with E-state index in [0.717, 1.165) is 31.6 Å². The molecule has 0 radical (unpaired) electrons. The summed E-state index contributed by atoms with van der Waals surface area (Å²) in [6.45, 7) is 9.63. The average molecular weight is 608 g/mol. The summed E-state index contributed by atoms with van der Waals surface area (Å²) < 4.78 is 5.21. The largest absolute Gasteiger partial charge is 0.444 e. The fourth-order valence-electron chi connectivity index (χ4n) is 5.35. The summed E-state index contributed by atoms with van der Waals surface area (Å²) in [5.41, 5.74) is 7.54. The minimum Gasteiger partial charge on any atom is -0.444 e. The van der Waals surface area contributed by atoms with Crippen molar-refractivity contribution in [3.8, 4) is 0 Å². The number of benzene rings is 1. The van der Waals surface area contributed by atoms with E-state index in [1.807, 2.05) is 26.8 Å².